The number of benzene rings is 2. The summed E-state index contributed by atoms with van der Waals surface area (Å²) in [6, 6.07) is 7.54. The zero-order valence-corrected chi connectivity index (χ0v) is 17.4. The molecule has 3 rings (SSSR count). The molecular weight excluding hydrogens is 435 g/mol. The molecule has 0 aliphatic heterocycles. The highest BCUT2D eigenvalue weighted by Crippen LogP contribution is 2.33. The third-order valence-electron chi connectivity index (χ3n) is 5.07. The molecular formula is C20H22F3N3O4S. The summed E-state index contributed by atoms with van der Waals surface area (Å²) in [6.45, 7) is 0. The third-order valence-corrected chi connectivity index (χ3v) is 6.49. The minimum atomic E-state index is -4.61. The Hall–Kier alpha value is -2.79. The van der Waals surface area contributed by atoms with Gasteiger partial charge in [-0.05, 0) is 43.2 Å². The molecule has 2 aromatic carbocycles. The fourth-order valence-corrected chi connectivity index (χ4v) is 4.69. The molecule has 1 aliphatic rings. The lowest BCUT2D eigenvalue weighted by Gasteiger charge is -2.17. The number of rotatable bonds is 6. The van der Waals surface area contributed by atoms with Gasteiger partial charge in [0.25, 0.3) is 10.0 Å². The van der Waals surface area contributed by atoms with Gasteiger partial charge < -0.3 is 15.8 Å². The number of hydrogen-bond donors (Lipinski definition) is 3. The molecule has 0 aromatic heterocycles. The van der Waals surface area contributed by atoms with Crippen molar-refractivity contribution >= 4 is 27.3 Å². The van der Waals surface area contributed by atoms with Crippen LogP contribution in [0.15, 0.2) is 47.4 Å². The van der Waals surface area contributed by atoms with Crippen LogP contribution in [0, 0.1) is 5.92 Å². The lowest BCUT2D eigenvalue weighted by Crippen LogP contribution is -2.34. The first-order chi connectivity index (χ1) is 14.5. The highest BCUT2D eigenvalue weighted by atomic mass is 32.2. The maximum Gasteiger partial charge on any atom is 0.416 e. The molecule has 0 radical (unpaired) electrons. The van der Waals surface area contributed by atoms with Crippen LogP contribution < -0.4 is 20.5 Å². The molecule has 0 bridgehead atoms. The van der Waals surface area contributed by atoms with Crippen molar-refractivity contribution in [3.63, 3.8) is 0 Å². The monoisotopic (exact) mass is 457 g/mol. The number of nitrogens with one attached hydrogen (secondary N) is 2. The molecule has 0 unspecified atom stereocenters. The van der Waals surface area contributed by atoms with E-state index < -0.39 is 21.8 Å². The Labute approximate surface area is 177 Å². The summed E-state index contributed by atoms with van der Waals surface area (Å²) in [5.41, 5.74) is 5.03. The molecule has 0 spiro atoms. The number of nitrogens with two attached hydrogens (primary N) is 1. The highest BCUT2D eigenvalue weighted by molar-refractivity contribution is 7.92. The van der Waals surface area contributed by atoms with Crippen molar-refractivity contribution in [2.45, 2.75) is 36.4 Å². The quantitative estimate of drug-likeness (QED) is 0.614. The number of hydrogen-bond acceptors (Lipinski definition) is 5. The van der Waals surface area contributed by atoms with Crippen molar-refractivity contribution in [3.8, 4) is 5.75 Å². The summed E-state index contributed by atoms with van der Waals surface area (Å²) in [6.07, 6.45) is -2.31. The number of alkyl halides is 3. The van der Waals surface area contributed by atoms with Crippen molar-refractivity contribution < 1.29 is 31.1 Å². The van der Waals surface area contributed by atoms with E-state index in [1.165, 1.54) is 31.4 Å². The first-order valence-electron chi connectivity index (χ1n) is 9.46. The number of amides is 1. The number of anilines is 2. The Kier molecular flexibility index (Phi) is 6.46. The van der Waals surface area contributed by atoms with E-state index in [1.54, 1.807) is 0 Å². The van der Waals surface area contributed by atoms with E-state index in [0.717, 1.165) is 25.0 Å². The first-order valence-corrected chi connectivity index (χ1v) is 10.9. The maximum atomic E-state index is 12.9. The van der Waals surface area contributed by atoms with E-state index in [4.69, 9.17) is 10.5 Å². The van der Waals surface area contributed by atoms with Crippen LogP contribution in [0.3, 0.4) is 0 Å². The number of sulfonamides is 1. The van der Waals surface area contributed by atoms with Gasteiger partial charge in [-0.3, -0.25) is 9.52 Å². The molecule has 2 aromatic rings. The normalized spacial score (nSPS) is 19.1. The van der Waals surface area contributed by atoms with Crippen LogP contribution in [-0.2, 0) is 21.0 Å². The molecule has 1 saturated carbocycles. The molecule has 7 nitrogen and oxygen atoms in total. The maximum absolute atomic E-state index is 12.9. The van der Waals surface area contributed by atoms with Crippen LogP contribution in [0.25, 0.3) is 0 Å². The van der Waals surface area contributed by atoms with Crippen molar-refractivity contribution in [3.05, 3.63) is 48.0 Å². The topological polar surface area (TPSA) is 111 Å². The minimum Gasteiger partial charge on any atom is -0.495 e. The molecule has 0 heterocycles. The van der Waals surface area contributed by atoms with Crippen LogP contribution >= 0.6 is 0 Å². The molecule has 31 heavy (non-hydrogen) atoms. The van der Waals surface area contributed by atoms with E-state index in [-0.39, 0.29) is 34.2 Å². The van der Waals surface area contributed by atoms with Crippen molar-refractivity contribution in [2.24, 2.45) is 11.7 Å². The number of carbonyl (C=O) groups excluding carboxylic acids is 1. The zero-order valence-electron chi connectivity index (χ0n) is 16.6. The van der Waals surface area contributed by atoms with Gasteiger partial charge in [0.2, 0.25) is 5.91 Å². The second kappa shape index (κ2) is 8.75. The standard InChI is InChI=1S/C20H22F3N3O4S/c1-30-17-11-13(25-19(27)15-6-3-7-16(15)24)8-9-18(17)31(28,29)26-14-5-2-4-12(10-14)20(21,22)23/h2,4-5,8-11,15-16,26H,3,6-7,24H2,1H3,(H,25,27)/t15-,16+/m1/s1. The molecule has 2 atom stereocenters. The van der Waals surface area contributed by atoms with E-state index in [1.807, 2.05) is 0 Å². The summed E-state index contributed by atoms with van der Waals surface area (Å²) in [4.78, 5) is 12.1. The fraction of sp³-hybridized carbons (Fsp3) is 0.350. The molecule has 168 valence electrons. The molecule has 11 heteroatoms. The molecule has 1 aliphatic carbocycles. The number of carbonyl (C=O) groups is 1. The smallest absolute Gasteiger partial charge is 0.416 e. The second-order valence-corrected chi connectivity index (χ2v) is 8.89. The third kappa shape index (κ3) is 5.28. The Bertz CT molecular complexity index is 1070. The number of halogens is 3. The van der Waals surface area contributed by atoms with Crippen LogP contribution in [0.1, 0.15) is 24.8 Å². The first kappa shape index (κ1) is 22.9. The molecule has 1 fully saturated rings. The summed E-state index contributed by atoms with van der Waals surface area (Å²) >= 11 is 0. The van der Waals surface area contributed by atoms with E-state index >= 15 is 0 Å². The van der Waals surface area contributed by atoms with Crippen molar-refractivity contribution in [2.75, 3.05) is 17.1 Å². The molecule has 4 N–H and O–H groups in total. The predicted molar refractivity (Wildman–Crippen MR) is 109 cm³/mol. The van der Waals surface area contributed by atoms with Crippen molar-refractivity contribution in [1.82, 2.24) is 0 Å². The summed E-state index contributed by atoms with van der Waals surface area (Å²) in [5.74, 6) is -0.658. The van der Waals surface area contributed by atoms with E-state index in [0.29, 0.717) is 18.2 Å². The summed E-state index contributed by atoms with van der Waals surface area (Å²) < 4.78 is 71.4. The lowest BCUT2D eigenvalue weighted by atomic mass is 10.0. The van der Waals surface area contributed by atoms with Gasteiger partial charge in [0.1, 0.15) is 10.6 Å². The zero-order chi connectivity index (χ0) is 22.8. The van der Waals surface area contributed by atoms with Gasteiger partial charge in [-0.15, -0.1) is 0 Å². The number of methoxy groups -OCH3 is 1. The van der Waals surface area contributed by atoms with Gasteiger partial charge in [-0.2, -0.15) is 13.2 Å². The predicted octanol–water partition coefficient (Wildman–Crippen LogP) is 3.58. The van der Waals surface area contributed by atoms with Gasteiger partial charge in [0.05, 0.1) is 18.6 Å². The summed E-state index contributed by atoms with van der Waals surface area (Å²) in [5, 5.41) is 2.70. The van der Waals surface area contributed by atoms with Crippen LogP contribution in [0.5, 0.6) is 5.75 Å². The average Bonchev–Trinajstić information content (AvgIpc) is 3.13. The summed E-state index contributed by atoms with van der Waals surface area (Å²) in [7, 11) is -3.02. The Morgan fingerprint density at radius 2 is 1.87 bits per heavy atom. The van der Waals surface area contributed by atoms with Crippen LogP contribution in [0.4, 0.5) is 24.5 Å². The molecule has 1 amide bonds. The highest BCUT2D eigenvalue weighted by Gasteiger charge is 2.32. The van der Waals surface area contributed by atoms with Crippen LogP contribution in [0.2, 0.25) is 0 Å². The largest absolute Gasteiger partial charge is 0.495 e. The van der Waals surface area contributed by atoms with E-state index in [2.05, 4.69) is 10.0 Å². The average molecular weight is 457 g/mol. The Morgan fingerprint density at radius 1 is 1.13 bits per heavy atom. The van der Waals surface area contributed by atoms with Gasteiger partial charge in [0, 0.05) is 23.5 Å². The second-order valence-electron chi connectivity index (χ2n) is 7.24. The lowest BCUT2D eigenvalue weighted by molar-refractivity contribution is -0.137. The van der Waals surface area contributed by atoms with Crippen LogP contribution in [-0.4, -0.2) is 27.5 Å². The van der Waals surface area contributed by atoms with Gasteiger partial charge in [0.15, 0.2) is 0 Å². The Balaban J connectivity index is 1.82. The minimum absolute atomic E-state index is 0.0759. The van der Waals surface area contributed by atoms with E-state index in [9.17, 15) is 26.4 Å². The van der Waals surface area contributed by atoms with Gasteiger partial charge in [-0.1, -0.05) is 12.5 Å². The van der Waals surface area contributed by atoms with Crippen molar-refractivity contribution in [1.29, 1.82) is 0 Å². The fourth-order valence-electron chi connectivity index (χ4n) is 3.49. The number of ether oxygens (including phenoxy) is 1. The van der Waals surface area contributed by atoms with Gasteiger partial charge >= 0.3 is 6.18 Å². The van der Waals surface area contributed by atoms with Gasteiger partial charge in [-0.25, -0.2) is 8.42 Å². The Morgan fingerprint density at radius 3 is 2.48 bits per heavy atom. The SMILES string of the molecule is COc1cc(NC(=O)[C@@H]2CCC[C@@H]2N)ccc1S(=O)(=O)Nc1cccc(C(F)(F)F)c1. The molecule has 0 saturated heterocycles.